The first kappa shape index (κ1) is 15.8. The third-order valence-corrected chi connectivity index (χ3v) is 4.70. The second kappa shape index (κ2) is 5.64. The highest BCUT2D eigenvalue weighted by Crippen LogP contribution is 2.28. The van der Waals surface area contributed by atoms with Crippen LogP contribution in [0.15, 0.2) is 59.5 Å². The van der Waals surface area contributed by atoms with Gasteiger partial charge in [0.15, 0.2) is 5.65 Å². The number of aromatic nitrogens is 7. The third-order valence-electron chi connectivity index (χ3n) is 4.70. The van der Waals surface area contributed by atoms with E-state index >= 15 is 0 Å². The second-order valence-electron chi connectivity index (χ2n) is 6.37. The van der Waals surface area contributed by atoms with Crippen LogP contribution < -0.4 is 0 Å². The zero-order chi connectivity index (χ0) is 19.5. The van der Waals surface area contributed by atoms with Gasteiger partial charge in [-0.2, -0.15) is 4.98 Å². The first-order chi connectivity index (χ1) is 14.2. The predicted octanol–water partition coefficient (Wildman–Crippen LogP) is 3.53. The van der Waals surface area contributed by atoms with E-state index in [-0.39, 0.29) is 17.3 Å². The number of para-hydroxylation sites is 1. The van der Waals surface area contributed by atoms with Gasteiger partial charge in [0.1, 0.15) is 23.6 Å². The molecule has 8 nitrogen and oxygen atoms in total. The predicted molar refractivity (Wildman–Crippen MR) is 97.9 cm³/mol. The normalized spacial score (nSPS) is 11.8. The van der Waals surface area contributed by atoms with E-state index in [0.29, 0.717) is 17.1 Å². The summed E-state index contributed by atoms with van der Waals surface area (Å²) in [6, 6.07) is 10.8. The summed E-state index contributed by atoms with van der Waals surface area (Å²) in [6.45, 7) is 0. The van der Waals surface area contributed by atoms with Gasteiger partial charge in [0, 0.05) is 11.5 Å². The Hall–Kier alpha value is -4.21. The van der Waals surface area contributed by atoms with Crippen LogP contribution in [-0.4, -0.2) is 34.1 Å². The molecular formula is C19H9F2N7O. The molecule has 4 heterocycles. The van der Waals surface area contributed by atoms with Crippen molar-refractivity contribution in [3.05, 3.63) is 66.6 Å². The van der Waals surface area contributed by atoms with Crippen molar-refractivity contribution >= 4 is 22.2 Å². The minimum Gasteiger partial charge on any atom is -0.333 e. The number of imidazole rings is 1. The molecule has 0 saturated carbocycles. The van der Waals surface area contributed by atoms with Gasteiger partial charge in [-0.05, 0) is 24.3 Å². The molecule has 0 aliphatic heterocycles. The molecule has 0 unspecified atom stereocenters. The van der Waals surface area contributed by atoms with E-state index in [4.69, 9.17) is 4.52 Å². The van der Waals surface area contributed by atoms with Gasteiger partial charge in [0.2, 0.25) is 11.6 Å². The van der Waals surface area contributed by atoms with Crippen molar-refractivity contribution in [2.75, 3.05) is 0 Å². The average Bonchev–Trinajstić information content (AvgIpc) is 3.46. The number of rotatable bonds is 2. The molecule has 29 heavy (non-hydrogen) atoms. The average molecular weight is 389 g/mol. The molecule has 0 N–H and O–H groups in total. The minimum atomic E-state index is -0.796. The van der Waals surface area contributed by atoms with Gasteiger partial charge in [0.05, 0.1) is 17.3 Å². The molecule has 10 heteroatoms. The van der Waals surface area contributed by atoms with Gasteiger partial charge in [-0.1, -0.05) is 17.3 Å². The highest BCUT2D eigenvalue weighted by atomic mass is 19.1. The first-order valence-corrected chi connectivity index (χ1v) is 8.58. The Bertz CT molecular complexity index is 1550. The molecule has 0 fully saturated rings. The number of nitrogens with zero attached hydrogens (tertiary/aromatic N) is 7. The quantitative estimate of drug-likeness (QED) is 0.450. The topological polar surface area (TPSA) is 86.4 Å². The van der Waals surface area contributed by atoms with Crippen LogP contribution in [0.2, 0.25) is 0 Å². The summed E-state index contributed by atoms with van der Waals surface area (Å²) >= 11 is 0. The third kappa shape index (κ3) is 2.19. The molecule has 0 spiro atoms. The fourth-order valence-corrected chi connectivity index (χ4v) is 3.42. The summed E-state index contributed by atoms with van der Waals surface area (Å²) in [5.41, 5.74) is 2.23. The summed E-state index contributed by atoms with van der Waals surface area (Å²) in [6.07, 6.45) is 3.36. The molecule has 0 saturated heterocycles. The van der Waals surface area contributed by atoms with Gasteiger partial charge in [-0.25, -0.2) is 13.8 Å². The maximum Gasteiger partial charge on any atom is 0.261 e. The Morgan fingerprint density at radius 1 is 1.00 bits per heavy atom. The van der Waals surface area contributed by atoms with Crippen molar-refractivity contribution in [3.8, 4) is 23.1 Å². The van der Waals surface area contributed by atoms with E-state index in [9.17, 15) is 8.78 Å². The summed E-state index contributed by atoms with van der Waals surface area (Å²) in [7, 11) is 0. The molecule has 0 atom stereocenters. The van der Waals surface area contributed by atoms with Crippen molar-refractivity contribution in [2.24, 2.45) is 0 Å². The fourth-order valence-electron chi connectivity index (χ4n) is 3.42. The molecule has 6 rings (SSSR count). The number of hydrogen-bond donors (Lipinski definition) is 0. The van der Waals surface area contributed by atoms with Crippen LogP contribution in [-0.2, 0) is 0 Å². The minimum absolute atomic E-state index is 0.001000. The summed E-state index contributed by atoms with van der Waals surface area (Å²) in [5.74, 6) is -1.14. The van der Waals surface area contributed by atoms with Crippen LogP contribution >= 0.6 is 0 Å². The van der Waals surface area contributed by atoms with Crippen LogP contribution in [0.4, 0.5) is 8.78 Å². The Morgan fingerprint density at radius 2 is 1.90 bits per heavy atom. The molecule has 140 valence electrons. The maximum atomic E-state index is 14.1. The van der Waals surface area contributed by atoms with Crippen molar-refractivity contribution in [2.45, 2.75) is 0 Å². The Kier molecular flexibility index (Phi) is 3.08. The van der Waals surface area contributed by atoms with Crippen molar-refractivity contribution in [1.29, 1.82) is 0 Å². The highest BCUT2D eigenvalue weighted by molar-refractivity contribution is 5.94. The van der Waals surface area contributed by atoms with E-state index < -0.39 is 11.6 Å². The lowest BCUT2D eigenvalue weighted by molar-refractivity contribution is 0.429. The zero-order valence-electron chi connectivity index (χ0n) is 14.5. The van der Waals surface area contributed by atoms with Gasteiger partial charge < -0.3 is 4.52 Å². The fraction of sp³-hybridized carbons (Fsp3) is 0. The summed E-state index contributed by atoms with van der Waals surface area (Å²) in [5, 5.41) is 13.3. The van der Waals surface area contributed by atoms with E-state index in [1.807, 2.05) is 28.7 Å². The largest absolute Gasteiger partial charge is 0.333 e. The standard InChI is InChI=1S/C19H9F2N7O/c20-10-5-6-11(13(21)7-10)19-23-16(26-29-19)18-25-24-17-12-3-1-2-4-14(12)27-9-22-8-15(27)28(17)18/h1-9H. The Balaban J connectivity index is 1.61. The molecule has 0 radical (unpaired) electrons. The van der Waals surface area contributed by atoms with E-state index in [0.717, 1.165) is 23.0 Å². The number of halogens is 2. The Labute approximate surface area is 160 Å². The maximum absolute atomic E-state index is 14.1. The van der Waals surface area contributed by atoms with Gasteiger partial charge in [-0.3, -0.25) is 8.80 Å². The number of hydrogen-bond acceptors (Lipinski definition) is 6. The van der Waals surface area contributed by atoms with E-state index in [2.05, 4.69) is 25.3 Å². The van der Waals surface area contributed by atoms with Gasteiger partial charge >= 0.3 is 0 Å². The van der Waals surface area contributed by atoms with Gasteiger partial charge in [-0.15, -0.1) is 10.2 Å². The molecule has 0 aliphatic rings. The lowest BCUT2D eigenvalue weighted by Crippen LogP contribution is -1.98. The van der Waals surface area contributed by atoms with Crippen LogP contribution in [0.1, 0.15) is 0 Å². The molecule has 0 amide bonds. The van der Waals surface area contributed by atoms with Crippen LogP contribution in [0.5, 0.6) is 0 Å². The Morgan fingerprint density at radius 3 is 2.79 bits per heavy atom. The monoisotopic (exact) mass is 389 g/mol. The van der Waals surface area contributed by atoms with Crippen molar-refractivity contribution in [3.63, 3.8) is 0 Å². The molecule has 6 aromatic rings. The lowest BCUT2D eigenvalue weighted by Gasteiger charge is -2.05. The van der Waals surface area contributed by atoms with Crippen LogP contribution in [0, 0.1) is 11.6 Å². The summed E-state index contributed by atoms with van der Waals surface area (Å²) < 4.78 is 36.1. The summed E-state index contributed by atoms with van der Waals surface area (Å²) in [4.78, 5) is 8.47. The van der Waals surface area contributed by atoms with E-state index in [1.54, 1.807) is 16.9 Å². The molecule has 4 aromatic heterocycles. The lowest BCUT2D eigenvalue weighted by atomic mass is 10.2. The van der Waals surface area contributed by atoms with Gasteiger partial charge in [0.25, 0.3) is 5.89 Å². The smallest absolute Gasteiger partial charge is 0.261 e. The van der Waals surface area contributed by atoms with Crippen LogP contribution in [0.25, 0.3) is 45.3 Å². The molecular weight excluding hydrogens is 380 g/mol. The highest BCUT2D eigenvalue weighted by Gasteiger charge is 2.21. The molecule has 0 bridgehead atoms. The van der Waals surface area contributed by atoms with Crippen molar-refractivity contribution in [1.82, 2.24) is 34.1 Å². The molecule has 2 aromatic carbocycles. The van der Waals surface area contributed by atoms with Crippen molar-refractivity contribution < 1.29 is 13.3 Å². The SMILES string of the molecule is Fc1ccc(-c2nc(-c3nnc4c5ccccc5n5cncc5n34)no2)c(F)c1. The number of benzene rings is 2. The second-order valence-corrected chi connectivity index (χ2v) is 6.37. The first-order valence-electron chi connectivity index (χ1n) is 8.58. The van der Waals surface area contributed by atoms with E-state index in [1.165, 1.54) is 6.07 Å². The zero-order valence-corrected chi connectivity index (χ0v) is 14.5. The molecule has 0 aliphatic carbocycles. The van der Waals surface area contributed by atoms with Crippen LogP contribution in [0.3, 0.4) is 0 Å². The number of fused-ring (bicyclic) bond motifs is 6.